The van der Waals surface area contributed by atoms with Crippen LogP contribution in [-0.4, -0.2) is 51.9 Å². The van der Waals surface area contributed by atoms with E-state index < -0.39 is 10.2 Å². The summed E-state index contributed by atoms with van der Waals surface area (Å²) in [7, 11) is -2.02. The molecule has 0 spiro atoms. The van der Waals surface area contributed by atoms with Crippen LogP contribution in [-0.2, 0) is 14.9 Å². The first-order chi connectivity index (χ1) is 7.85. The summed E-state index contributed by atoms with van der Waals surface area (Å²) in [4.78, 5) is 0. The van der Waals surface area contributed by atoms with Crippen LogP contribution in [0.4, 0.5) is 0 Å². The Kier molecular flexibility index (Phi) is 7.28. The summed E-state index contributed by atoms with van der Waals surface area (Å²) >= 11 is 0. The summed E-state index contributed by atoms with van der Waals surface area (Å²) in [6.07, 6.45) is 0. The van der Waals surface area contributed by atoms with E-state index in [9.17, 15) is 8.42 Å². The molecule has 0 heterocycles. The molecule has 0 aromatic rings. The Labute approximate surface area is 103 Å². The Morgan fingerprint density at radius 3 is 2.59 bits per heavy atom. The number of hydrogen-bond donors (Lipinski definition) is 3. The van der Waals surface area contributed by atoms with Gasteiger partial charge >= 0.3 is 0 Å². The van der Waals surface area contributed by atoms with Crippen LogP contribution in [0.3, 0.4) is 0 Å². The molecule has 0 fully saturated rings. The minimum atomic E-state index is -3.52. The highest BCUT2D eigenvalue weighted by Gasteiger charge is 2.22. The maximum atomic E-state index is 11.8. The number of nitrogens with one attached hydrogen (secondary N) is 2. The molecule has 0 aliphatic rings. The summed E-state index contributed by atoms with van der Waals surface area (Å²) in [6.45, 7) is 4.54. The second-order valence-corrected chi connectivity index (χ2v) is 5.45. The van der Waals surface area contributed by atoms with Crippen molar-refractivity contribution in [3.63, 3.8) is 0 Å². The van der Waals surface area contributed by atoms with Gasteiger partial charge in [0.25, 0.3) is 10.2 Å². The number of ether oxygens (including phenoxy) is 1. The maximum Gasteiger partial charge on any atom is 0.279 e. The molecule has 4 N–H and O–H groups in total. The van der Waals surface area contributed by atoms with Gasteiger partial charge in [-0.2, -0.15) is 17.4 Å². The van der Waals surface area contributed by atoms with E-state index in [1.54, 1.807) is 13.8 Å². The molecule has 1 atom stereocenters. The first kappa shape index (κ1) is 16.3. The molecule has 0 aromatic carbocycles. The van der Waals surface area contributed by atoms with E-state index in [1.165, 1.54) is 11.4 Å². The SMILES string of the molecule is CCN(CC(C)C(=N)N)S(=O)(=O)NCCOC. The molecule has 0 saturated carbocycles. The number of methoxy groups -OCH3 is 1. The second kappa shape index (κ2) is 7.59. The van der Waals surface area contributed by atoms with Crippen LogP contribution in [0, 0.1) is 11.3 Å². The van der Waals surface area contributed by atoms with Crippen LogP contribution in [0.5, 0.6) is 0 Å². The van der Waals surface area contributed by atoms with Crippen molar-refractivity contribution in [2.45, 2.75) is 13.8 Å². The van der Waals surface area contributed by atoms with Gasteiger partial charge in [-0.15, -0.1) is 0 Å². The van der Waals surface area contributed by atoms with Crippen LogP contribution in [0.15, 0.2) is 0 Å². The Bertz CT molecular complexity index is 331. The fourth-order valence-corrected chi connectivity index (χ4v) is 2.45. The van der Waals surface area contributed by atoms with Gasteiger partial charge in [0.15, 0.2) is 0 Å². The fraction of sp³-hybridized carbons (Fsp3) is 0.889. The fourth-order valence-electron chi connectivity index (χ4n) is 1.16. The highest BCUT2D eigenvalue weighted by atomic mass is 32.2. The first-order valence-corrected chi connectivity index (χ1v) is 6.86. The lowest BCUT2D eigenvalue weighted by molar-refractivity contribution is 0.203. The number of nitrogens with zero attached hydrogens (tertiary/aromatic N) is 1. The van der Waals surface area contributed by atoms with Crippen molar-refractivity contribution in [3.8, 4) is 0 Å². The Morgan fingerprint density at radius 2 is 2.18 bits per heavy atom. The largest absolute Gasteiger partial charge is 0.387 e. The van der Waals surface area contributed by atoms with E-state index in [2.05, 4.69) is 4.72 Å². The zero-order valence-corrected chi connectivity index (χ0v) is 11.4. The summed E-state index contributed by atoms with van der Waals surface area (Å²) in [5, 5.41) is 7.26. The van der Waals surface area contributed by atoms with Crippen molar-refractivity contribution < 1.29 is 13.2 Å². The molecule has 102 valence electrons. The van der Waals surface area contributed by atoms with E-state index in [1.807, 2.05) is 0 Å². The molecule has 17 heavy (non-hydrogen) atoms. The van der Waals surface area contributed by atoms with Gasteiger partial charge in [-0.3, -0.25) is 5.41 Å². The monoisotopic (exact) mass is 266 g/mol. The van der Waals surface area contributed by atoms with E-state index >= 15 is 0 Å². The molecule has 0 bridgehead atoms. The van der Waals surface area contributed by atoms with Gasteiger partial charge in [0.05, 0.1) is 12.4 Å². The summed E-state index contributed by atoms with van der Waals surface area (Å²) in [5.74, 6) is -0.315. The van der Waals surface area contributed by atoms with Crippen molar-refractivity contribution in [2.75, 3.05) is 33.4 Å². The lowest BCUT2D eigenvalue weighted by atomic mass is 10.1. The zero-order valence-electron chi connectivity index (χ0n) is 10.6. The smallest absolute Gasteiger partial charge is 0.279 e. The average Bonchev–Trinajstić information content (AvgIpc) is 2.25. The van der Waals surface area contributed by atoms with Crippen LogP contribution in [0.2, 0.25) is 0 Å². The average molecular weight is 266 g/mol. The van der Waals surface area contributed by atoms with Crippen LogP contribution in [0.25, 0.3) is 0 Å². The van der Waals surface area contributed by atoms with Crippen LogP contribution in [0.1, 0.15) is 13.8 Å². The Balaban J connectivity index is 4.47. The maximum absolute atomic E-state index is 11.8. The minimum Gasteiger partial charge on any atom is -0.387 e. The molecule has 0 radical (unpaired) electrons. The summed E-state index contributed by atoms with van der Waals surface area (Å²) < 4.78 is 32.1. The quantitative estimate of drug-likeness (QED) is 0.293. The van der Waals surface area contributed by atoms with Gasteiger partial charge in [-0.05, 0) is 0 Å². The van der Waals surface area contributed by atoms with Crippen LogP contribution >= 0.6 is 0 Å². The number of hydrogen-bond acceptors (Lipinski definition) is 4. The predicted octanol–water partition coefficient (Wildman–Crippen LogP) is -0.639. The van der Waals surface area contributed by atoms with Gasteiger partial charge in [0, 0.05) is 32.7 Å². The van der Waals surface area contributed by atoms with Gasteiger partial charge in [-0.1, -0.05) is 13.8 Å². The number of amidine groups is 1. The third-order valence-electron chi connectivity index (χ3n) is 2.29. The normalized spacial score (nSPS) is 13.9. The molecule has 0 saturated heterocycles. The van der Waals surface area contributed by atoms with Crippen LogP contribution < -0.4 is 10.5 Å². The molecule has 0 rings (SSSR count). The molecule has 1 unspecified atom stereocenters. The first-order valence-electron chi connectivity index (χ1n) is 5.42. The zero-order chi connectivity index (χ0) is 13.5. The lowest BCUT2D eigenvalue weighted by Crippen LogP contribution is -2.45. The van der Waals surface area contributed by atoms with Gasteiger partial charge < -0.3 is 10.5 Å². The van der Waals surface area contributed by atoms with Crippen molar-refractivity contribution in [1.29, 1.82) is 5.41 Å². The highest BCUT2D eigenvalue weighted by Crippen LogP contribution is 2.04. The molecule has 0 aliphatic carbocycles. The topological polar surface area (TPSA) is 109 Å². The third-order valence-corrected chi connectivity index (χ3v) is 3.95. The summed E-state index contributed by atoms with van der Waals surface area (Å²) in [6, 6.07) is 0. The number of rotatable bonds is 9. The molecular weight excluding hydrogens is 244 g/mol. The Hall–Kier alpha value is -0.700. The predicted molar refractivity (Wildman–Crippen MR) is 67.1 cm³/mol. The van der Waals surface area contributed by atoms with Gasteiger partial charge in [0.2, 0.25) is 0 Å². The lowest BCUT2D eigenvalue weighted by Gasteiger charge is -2.23. The summed E-state index contributed by atoms with van der Waals surface area (Å²) in [5.41, 5.74) is 5.33. The highest BCUT2D eigenvalue weighted by molar-refractivity contribution is 7.87. The minimum absolute atomic E-state index is 0.0180. The van der Waals surface area contributed by atoms with E-state index in [-0.39, 0.29) is 24.8 Å². The molecule has 0 aromatic heterocycles. The molecule has 8 heteroatoms. The standard InChI is InChI=1S/C9H22N4O3S/c1-4-13(7-8(2)9(10)11)17(14,15)12-5-6-16-3/h8,12H,4-7H2,1-3H3,(H3,10,11). The van der Waals surface area contributed by atoms with Crippen molar-refractivity contribution >= 4 is 16.0 Å². The van der Waals surface area contributed by atoms with E-state index in [0.717, 1.165) is 0 Å². The van der Waals surface area contributed by atoms with Gasteiger partial charge in [0.1, 0.15) is 0 Å². The molecule has 7 nitrogen and oxygen atoms in total. The Morgan fingerprint density at radius 1 is 1.59 bits per heavy atom. The second-order valence-electron chi connectivity index (χ2n) is 3.70. The van der Waals surface area contributed by atoms with E-state index in [0.29, 0.717) is 13.2 Å². The van der Waals surface area contributed by atoms with E-state index in [4.69, 9.17) is 15.9 Å². The third kappa shape index (κ3) is 5.97. The number of nitrogens with two attached hydrogens (primary N) is 1. The molecular formula is C9H22N4O3S. The van der Waals surface area contributed by atoms with Crippen molar-refractivity contribution in [2.24, 2.45) is 11.7 Å². The van der Waals surface area contributed by atoms with Crippen molar-refractivity contribution in [3.05, 3.63) is 0 Å². The van der Waals surface area contributed by atoms with Gasteiger partial charge in [-0.25, -0.2) is 0 Å². The molecule has 0 amide bonds. The molecule has 0 aliphatic heterocycles. The van der Waals surface area contributed by atoms with Crippen molar-refractivity contribution in [1.82, 2.24) is 9.03 Å².